The maximum atomic E-state index is 10.8. The minimum atomic E-state index is -1.02. The van der Waals surface area contributed by atoms with Crippen molar-refractivity contribution in [2.24, 2.45) is 5.18 Å². The first-order chi connectivity index (χ1) is 4.04. The third kappa shape index (κ3) is 1.91. The maximum absolute atomic E-state index is 10.8. The van der Waals surface area contributed by atoms with E-state index in [1.54, 1.807) is 6.92 Å². The van der Waals surface area contributed by atoms with Crippen LogP contribution in [0.4, 0.5) is 0 Å². The average molecular weight is 129 g/mol. The molecule has 0 aliphatic rings. The van der Waals surface area contributed by atoms with Crippen LogP contribution >= 0.6 is 0 Å². The molecule has 3 nitrogen and oxygen atoms in total. The van der Waals surface area contributed by atoms with Crippen molar-refractivity contribution in [3.8, 4) is 0 Å². The van der Waals surface area contributed by atoms with Gasteiger partial charge in [-0.2, -0.15) is 0 Å². The van der Waals surface area contributed by atoms with Gasteiger partial charge in [0.1, 0.15) is 0 Å². The van der Waals surface area contributed by atoms with Gasteiger partial charge < -0.3 is 0 Å². The summed E-state index contributed by atoms with van der Waals surface area (Å²) in [5.74, 6) is -0.113. The Bertz CT molecular complexity index is 129. The summed E-state index contributed by atoms with van der Waals surface area (Å²) in [5.41, 5.74) is -1.02. The van der Waals surface area contributed by atoms with Crippen molar-refractivity contribution in [3.05, 3.63) is 4.91 Å². The van der Waals surface area contributed by atoms with Crippen LogP contribution in [-0.2, 0) is 4.79 Å². The van der Waals surface area contributed by atoms with Gasteiger partial charge in [0.25, 0.3) is 0 Å². The Balaban J connectivity index is 4.14. The van der Waals surface area contributed by atoms with E-state index in [9.17, 15) is 9.70 Å². The summed E-state index contributed by atoms with van der Waals surface area (Å²) in [4.78, 5) is 20.7. The second-order valence-electron chi connectivity index (χ2n) is 2.43. The summed E-state index contributed by atoms with van der Waals surface area (Å²) in [6.07, 6.45) is 0.374. The molecule has 0 aromatic rings. The average Bonchev–Trinajstić information content (AvgIpc) is 1.86. The van der Waals surface area contributed by atoms with Crippen LogP contribution in [0.2, 0.25) is 0 Å². The number of hydrogen-bond donors (Lipinski definition) is 0. The highest BCUT2D eigenvalue weighted by atomic mass is 16.3. The van der Waals surface area contributed by atoms with E-state index in [-0.39, 0.29) is 5.78 Å². The van der Waals surface area contributed by atoms with Gasteiger partial charge in [-0.3, -0.25) is 4.79 Å². The van der Waals surface area contributed by atoms with Crippen molar-refractivity contribution in [1.29, 1.82) is 0 Å². The lowest BCUT2D eigenvalue weighted by atomic mass is 9.99. The minimum absolute atomic E-state index is 0.113. The number of nitroso groups, excluding NO2 is 1. The van der Waals surface area contributed by atoms with Gasteiger partial charge in [0.05, 0.1) is 0 Å². The lowest BCUT2D eigenvalue weighted by Gasteiger charge is -2.10. The molecule has 0 saturated heterocycles. The fourth-order valence-corrected chi connectivity index (χ4v) is 0.484. The zero-order chi connectivity index (χ0) is 7.49. The number of rotatable bonds is 3. The first-order valence-corrected chi connectivity index (χ1v) is 2.92. The van der Waals surface area contributed by atoms with E-state index in [1.165, 1.54) is 13.8 Å². The van der Waals surface area contributed by atoms with Gasteiger partial charge in [0.15, 0.2) is 11.3 Å². The van der Waals surface area contributed by atoms with E-state index < -0.39 is 5.54 Å². The van der Waals surface area contributed by atoms with Crippen molar-refractivity contribution in [2.75, 3.05) is 0 Å². The molecule has 0 amide bonds. The van der Waals surface area contributed by atoms with E-state index in [4.69, 9.17) is 0 Å². The molecule has 3 heteroatoms. The van der Waals surface area contributed by atoms with Gasteiger partial charge in [-0.05, 0) is 13.8 Å². The zero-order valence-electron chi connectivity index (χ0n) is 5.97. The van der Waals surface area contributed by atoms with Gasteiger partial charge in [-0.15, -0.1) is 4.91 Å². The minimum Gasteiger partial charge on any atom is -0.297 e. The van der Waals surface area contributed by atoms with Crippen LogP contribution in [0.5, 0.6) is 0 Å². The third-order valence-corrected chi connectivity index (χ3v) is 1.23. The molecule has 0 spiro atoms. The van der Waals surface area contributed by atoms with E-state index in [1.807, 2.05) is 0 Å². The Labute approximate surface area is 54.4 Å². The predicted octanol–water partition coefficient (Wildman–Crippen LogP) is 1.51. The van der Waals surface area contributed by atoms with Crippen LogP contribution in [0.25, 0.3) is 0 Å². The van der Waals surface area contributed by atoms with Gasteiger partial charge >= 0.3 is 0 Å². The molecule has 0 heterocycles. The van der Waals surface area contributed by atoms with E-state index >= 15 is 0 Å². The quantitative estimate of drug-likeness (QED) is 0.542. The largest absolute Gasteiger partial charge is 0.297 e. The maximum Gasteiger partial charge on any atom is 0.163 e. The van der Waals surface area contributed by atoms with E-state index in [2.05, 4.69) is 5.18 Å². The molecule has 0 N–H and O–H groups in total. The van der Waals surface area contributed by atoms with Crippen molar-refractivity contribution >= 4 is 5.78 Å². The van der Waals surface area contributed by atoms with Crippen molar-refractivity contribution in [1.82, 2.24) is 0 Å². The van der Waals surface area contributed by atoms with Gasteiger partial charge in [-0.1, -0.05) is 12.1 Å². The summed E-state index contributed by atoms with van der Waals surface area (Å²) in [7, 11) is 0. The molecular formula is C6H11NO2. The third-order valence-electron chi connectivity index (χ3n) is 1.23. The zero-order valence-corrected chi connectivity index (χ0v) is 5.97. The first kappa shape index (κ1) is 8.27. The highest BCUT2D eigenvalue weighted by Crippen LogP contribution is 2.10. The lowest BCUT2D eigenvalue weighted by molar-refractivity contribution is -0.122. The van der Waals surface area contributed by atoms with Gasteiger partial charge in [-0.25, -0.2) is 0 Å². The summed E-state index contributed by atoms with van der Waals surface area (Å²) in [6.45, 7) is 4.76. The summed E-state index contributed by atoms with van der Waals surface area (Å²) in [6, 6.07) is 0. The highest BCUT2D eigenvalue weighted by Gasteiger charge is 2.26. The first-order valence-electron chi connectivity index (χ1n) is 2.92. The lowest BCUT2D eigenvalue weighted by Crippen LogP contribution is -2.27. The molecule has 0 aliphatic heterocycles. The molecule has 52 valence electrons. The molecule has 0 radical (unpaired) electrons. The van der Waals surface area contributed by atoms with Gasteiger partial charge in [0, 0.05) is 6.42 Å². The summed E-state index contributed by atoms with van der Waals surface area (Å²) >= 11 is 0. The van der Waals surface area contributed by atoms with Gasteiger partial charge in [0.2, 0.25) is 0 Å². The topological polar surface area (TPSA) is 46.5 Å². The Morgan fingerprint density at radius 2 is 2.00 bits per heavy atom. The standard InChI is InChI=1S/C6H11NO2/c1-4-5(8)6(2,3)7-9/h4H2,1-3H3. The molecule has 9 heavy (non-hydrogen) atoms. The molecule has 0 fully saturated rings. The van der Waals surface area contributed by atoms with Crippen LogP contribution in [0.15, 0.2) is 5.18 Å². The van der Waals surface area contributed by atoms with Crippen molar-refractivity contribution < 1.29 is 4.79 Å². The second-order valence-corrected chi connectivity index (χ2v) is 2.43. The highest BCUT2D eigenvalue weighted by molar-refractivity contribution is 5.87. The molecule has 0 rings (SSSR count). The second kappa shape index (κ2) is 2.71. The van der Waals surface area contributed by atoms with Crippen LogP contribution in [0.1, 0.15) is 27.2 Å². The molecule has 0 bridgehead atoms. The van der Waals surface area contributed by atoms with Crippen LogP contribution in [0.3, 0.4) is 0 Å². The SMILES string of the molecule is CCC(=O)C(C)(C)N=O. The predicted molar refractivity (Wildman–Crippen MR) is 35.2 cm³/mol. The summed E-state index contributed by atoms with van der Waals surface area (Å²) < 4.78 is 0. The summed E-state index contributed by atoms with van der Waals surface area (Å²) in [5, 5.41) is 2.69. The fourth-order valence-electron chi connectivity index (χ4n) is 0.484. The Morgan fingerprint density at radius 1 is 1.56 bits per heavy atom. The van der Waals surface area contributed by atoms with Crippen LogP contribution in [-0.4, -0.2) is 11.3 Å². The molecule has 0 atom stereocenters. The number of carbonyl (C=O) groups excluding carboxylic acids is 1. The Morgan fingerprint density at radius 3 is 2.11 bits per heavy atom. The van der Waals surface area contributed by atoms with Crippen LogP contribution in [0, 0.1) is 4.91 Å². The fraction of sp³-hybridized carbons (Fsp3) is 0.833. The number of nitrogens with zero attached hydrogens (tertiary/aromatic N) is 1. The monoisotopic (exact) mass is 129 g/mol. The molecule has 0 unspecified atom stereocenters. The smallest absolute Gasteiger partial charge is 0.163 e. The van der Waals surface area contributed by atoms with E-state index in [0.29, 0.717) is 6.42 Å². The normalized spacial score (nSPS) is 11.0. The number of ketones is 1. The molecule has 0 saturated carbocycles. The number of hydrogen-bond acceptors (Lipinski definition) is 3. The Hall–Kier alpha value is -0.730. The van der Waals surface area contributed by atoms with Crippen molar-refractivity contribution in [2.45, 2.75) is 32.7 Å². The molecular weight excluding hydrogens is 118 g/mol. The van der Waals surface area contributed by atoms with Crippen LogP contribution < -0.4 is 0 Å². The molecule has 0 aliphatic carbocycles. The molecule has 0 aromatic heterocycles. The Kier molecular flexibility index (Phi) is 2.49. The van der Waals surface area contributed by atoms with Crippen molar-refractivity contribution in [3.63, 3.8) is 0 Å². The number of carbonyl (C=O) groups is 1. The number of Topliss-reactive ketones (excluding diaryl/α,β-unsaturated/α-hetero) is 1. The van der Waals surface area contributed by atoms with E-state index in [0.717, 1.165) is 0 Å². The molecule has 0 aromatic carbocycles.